The lowest BCUT2D eigenvalue weighted by Crippen LogP contribution is -2.30. The van der Waals surface area contributed by atoms with Gasteiger partial charge in [-0.25, -0.2) is 0 Å². The van der Waals surface area contributed by atoms with Gasteiger partial charge in [-0.2, -0.15) is 0 Å². The van der Waals surface area contributed by atoms with Crippen molar-refractivity contribution in [1.29, 1.82) is 0 Å². The summed E-state index contributed by atoms with van der Waals surface area (Å²) < 4.78 is 0. The maximum absolute atomic E-state index is 10.8. The highest BCUT2D eigenvalue weighted by molar-refractivity contribution is 5.70. The summed E-state index contributed by atoms with van der Waals surface area (Å²) in [7, 11) is 2.14. The van der Waals surface area contributed by atoms with Gasteiger partial charge in [0.05, 0.1) is 6.42 Å². The lowest BCUT2D eigenvalue weighted by Gasteiger charge is -2.32. The summed E-state index contributed by atoms with van der Waals surface area (Å²) in [6, 6.07) is 16.6. The largest absolute Gasteiger partial charge is 0.481 e. The average molecular weight is 281 g/mol. The van der Waals surface area contributed by atoms with Crippen LogP contribution in [0.15, 0.2) is 48.5 Å². The van der Waals surface area contributed by atoms with Gasteiger partial charge in [-0.15, -0.1) is 0 Å². The molecule has 0 unspecified atom stereocenters. The van der Waals surface area contributed by atoms with Crippen molar-refractivity contribution in [2.24, 2.45) is 0 Å². The molecular weight excluding hydrogens is 262 g/mol. The Morgan fingerprint density at radius 2 is 1.90 bits per heavy atom. The van der Waals surface area contributed by atoms with Gasteiger partial charge in [-0.1, -0.05) is 48.5 Å². The number of rotatable bonds is 3. The minimum atomic E-state index is -0.787. The number of benzene rings is 2. The van der Waals surface area contributed by atoms with Crippen LogP contribution < -0.4 is 0 Å². The first-order valence-electron chi connectivity index (χ1n) is 7.20. The topological polar surface area (TPSA) is 40.5 Å². The zero-order chi connectivity index (χ0) is 14.8. The van der Waals surface area contributed by atoms with Gasteiger partial charge in [0.2, 0.25) is 0 Å². The van der Waals surface area contributed by atoms with Crippen molar-refractivity contribution in [3.8, 4) is 0 Å². The lowest BCUT2D eigenvalue weighted by molar-refractivity contribution is -0.136. The SMILES string of the molecule is CN1Cc2ccccc2[C@@H](c2ccc(CC(=O)O)cc2)C1. The van der Waals surface area contributed by atoms with Crippen LogP contribution in [-0.2, 0) is 17.8 Å². The van der Waals surface area contributed by atoms with E-state index in [1.165, 1.54) is 16.7 Å². The normalized spacial score (nSPS) is 18.2. The molecule has 1 aliphatic rings. The number of fused-ring (bicyclic) bond motifs is 1. The minimum absolute atomic E-state index is 0.0848. The first kappa shape index (κ1) is 13.8. The average Bonchev–Trinajstić information content (AvgIpc) is 2.46. The van der Waals surface area contributed by atoms with Gasteiger partial charge in [0.15, 0.2) is 0 Å². The molecule has 3 nitrogen and oxygen atoms in total. The summed E-state index contributed by atoms with van der Waals surface area (Å²) in [4.78, 5) is 13.1. The summed E-state index contributed by atoms with van der Waals surface area (Å²) in [5, 5.41) is 8.84. The Bertz CT molecular complexity index is 649. The second-order valence-corrected chi connectivity index (χ2v) is 5.76. The number of carbonyl (C=O) groups is 1. The van der Waals surface area contributed by atoms with Crippen LogP contribution >= 0.6 is 0 Å². The number of aliphatic carboxylic acids is 1. The molecule has 0 fully saturated rings. The summed E-state index contributed by atoms with van der Waals surface area (Å²) in [6.45, 7) is 1.99. The number of hydrogen-bond donors (Lipinski definition) is 1. The Labute approximate surface area is 124 Å². The summed E-state index contributed by atoms with van der Waals surface area (Å²) >= 11 is 0. The van der Waals surface area contributed by atoms with E-state index < -0.39 is 5.97 Å². The predicted octanol–water partition coefficient (Wildman–Crippen LogP) is 2.89. The third-order valence-corrected chi connectivity index (χ3v) is 4.10. The Kier molecular flexibility index (Phi) is 3.76. The van der Waals surface area contributed by atoms with Crippen molar-refractivity contribution in [1.82, 2.24) is 4.90 Å². The first-order valence-corrected chi connectivity index (χ1v) is 7.20. The maximum Gasteiger partial charge on any atom is 0.307 e. The molecule has 0 saturated carbocycles. The summed E-state index contributed by atoms with van der Waals surface area (Å²) in [5.41, 5.74) is 4.87. The molecule has 108 valence electrons. The quantitative estimate of drug-likeness (QED) is 0.940. The molecule has 0 saturated heterocycles. The number of hydrogen-bond acceptors (Lipinski definition) is 2. The molecule has 0 bridgehead atoms. The van der Waals surface area contributed by atoms with Crippen molar-refractivity contribution in [2.45, 2.75) is 18.9 Å². The third-order valence-electron chi connectivity index (χ3n) is 4.10. The minimum Gasteiger partial charge on any atom is -0.481 e. The van der Waals surface area contributed by atoms with Crippen LogP contribution in [-0.4, -0.2) is 29.6 Å². The molecule has 2 aromatic carbocycles. The predicted molar refractivity (Wildman–Crippen MR) is 82.4 cm³/mol. The van der Waals surface area contributed by atoms with Gasteiger partial charge in [0, 0.05) is 19.0 Å². The molecule has 2 aromatic rings. The molecule has 1 heterocycles. The molecule has 0 aromatic heterocycles. The van der Waals surface area contributed by atoms with Gasteiger partial charge in [-0.3, -0.25) is 4.79 Å². The van der Waals surface area contributed by atoms with E-state index >= 15 is 0 Å². The number of carboxylic acid groups (broad SMARTS) is 1. The van der Waals surface area contributed by atoms with Crippen LogP contribution in [0.1, 0.15) is 28.2 Å². The van der Waals surface area contributed by atoms with Crippen LogP contribution in [0.5, 0.6) is 0 Å². The summed E-state index contributed by atoms with van der Waals surface area (Å²) in [6.07, 6.45) is 0.0848. The van der Waals surface area contributed by atoms with E-state index in [9.17, 15) is 4.79 Å². The number of nitrogens with zero attached hydrogens (tertiary/aromatic N) is 1. The van der Waals surface area contributed by atoms with Crippen molar-refractivity contribution < 1.29 is 9.90 Å². The fraction of sp³-hybridized carbons (Fsp3) is 0.278. The third kappa shape index (κ3) is 2.98. The zero-order valence-corrected chi connectivity index (χ0v) is 12.1. The van der Waals surface area contributed by atoms with E-state index in [4.69, 9.17) is 5.11 Å². The Hall–Kier alpha value is -2.13. The molecular formula is C18H19NO2. The van der Waals surface area contributed by atoms with Gasteiger partial charge < -0.3 is 10.0 Å². The Morgan fingerprint density at radius 3 is 2.62 bits per heavy atom. The van der Waals surface area contributed by atoms with Gasteiger partial charge in [0.25, 0.3) is 0 Å². The standard InChI is InChI=1S/C18H19NO2/c1-19-11-15-4-2-3-5-16(15)17(12-19)14-8-6-13(7-9-14)10-18(20)21/h2-9,17H,10-12H2,1H3,(H,20,21)/t17-/m1/s1. The van der Waals surface area contributed by atoms with Gasteiger partial charge in [-0.05, 0) is 29.3 Å². The molecule has 0 aliphatic carbocycles. The molecule has 1 N–H and O–H groups in total. The molecule has 1 aliphatic heterocycles. The summed E-state index contributed by atoms with van der Waals surface area (Å²) in [5.74, 6) is -0.427. The molecule has 21 heavy (non-hydrogen) atoms. The molecule has 3 heteroatoms. The highest BCUT2D eigenvalue weighted by atomic mass is 16.4. The zero-order valence-electron chi connectivity index (χ0n) is 12.1. The van der Waals surface area contributed by atoms with E-state index in [-0.39, 0.29) is 6.42 Å². The molecule has 0 radical (unpaired) electrons. The fourth-order valence-electron chi connectivity index (χ4n) is 3.11. The maximum atomic E-state index is 10.8. The number of likely N-dealkylation sites (N-methyl/N-ethyl adjacent to an activating group) is 1. The highest BCUT2D eigenvalue weighted by Gasteiger charge is 2.24. The van der Waals surface area contributed by atoms with Crippen LogP contribution in [0.2, 0.25) is 0 Å². The van der Waals surface area contributed by atoms with Gasteiger partial charge in [0.1, 0.15) is 0 Å². The molecule has 1 atom stereocenters. The van der Waals surface area contributed by atoms with E-state index in [1.807, 2.05) is 12.1 Å². The first-order chi connectivity index (χ1) is 10.1. The van der Waals surface area contributed by atoms with Crippen LogP contribution in [0.3, 0.4) is 0 Å². The van der Waals surface area contributed by atoms with E-state index in [0.717, 1.165) is 18.7 Å². The molecule has 3 rings (SSSR count). The van der Waals surface area contributed by atoms with Crippen molar-refractivity contribution in [3.63, 3.8) is 0 Å². The lowest BCUT2D eigenvalue weighted by atomic mass is 9.84. The van der Waals surface area contributed by atoms with Crippen LogP contribution in [0.25, 0.3) is 0 Å². The second kappa shape index (κ2) is 5.70. The van der Waals surface area contributed by atoms with Crippen molar-refractivity contribution in [3.05, 3.63) is 70.8 Å². The Balaban J connectivity index is 1.91. The van der Waals surface area contributed by atoms with E-state index in [1.54, 1.807) is 0 Å². The molecule has 0 amide bonds. The van der Waals surface area contributed by atoms with Crippen LogP contribution in [0.4, 0.5) is 0 Å². The highest BCUT2D eigenvalue weighted by Crippen LogP contribution is 2.32. The van der Waals surface area contributed by atoms with Crippen molar-refractivity contribution >= 4 is 5.97 Å². The fourth-order valence-corrected chi connectivity index (χ4v) is 3.11. The molecule has 0 spiro atoms. The van der Waals surface area contributed by atoms with E-state index in [2.05, 4.69) is 48.3 Å². The van der Waals surface area contributed by atoms with Gasteiger partial charge >= 0.3 is 5.97 Å². The smallest absolute Gasteiger partial charge is 0.307 e. The second-order valence-electron chi connectivity index (χ2n) is 5.76. The van der Waals surface area contributed by atoms with Crippen molar-refractivity contribution in [2.75, 3.05) is 13.6 Å². The number of carboxylic acids is 1. The monoisotopic (exact) mass is 281 g/mol. The Morgan fingerprint density at radius 1 is 1.19 bits per heavy atom. The van der Waals surface area contributed by atoms with E-state index in [0.29, 0.717) is 5.92 Å². The van der Waals surface area contributed by atoms with Crippen LogP contribution in [0, 0.1) is 0 Å².